The molecular weight excluding hydrogens is 190 g/mol. The molecule has 0 spiro atoms. The van der Waals surface area contributed by atoms with Crippen LogP contribution in [-0.4, -0.2) is 17.1 Å². The Balaban J connectivity index is 2.43. The van der Waals surface area contributed by atoms with Crippen molar-refractivity contribution in [2.45, 2.75) is 0 Å². The molecule has 0 saturated heterocycles. The van der Waals surface area contributed by atoms with Gasteiger partial charge in [0.05, 0.1) is 24.7 Å². The molecule has 2 N–H and O–H groups in total. The lowest BCUT2D eigenvalue weighted by Crippen LogP contribution is -1.93. The van der Waals surface area contributed by atoms with Crippen molar-refractivity contribution >= 4 is 5.69 Å². The van der Waals surface area contributed by atoms with Gasteiger partial charge in [0.15, 0.2) is 0 Å². The number of hydrogen-bond donors (Lipinski definition) is 1. The van der Waals surface area contributed by atoms with Crippen molar-refractivity contribution in [1.82, 2.24) is 9.97 Å². The number of benzene rings is 1. The van der Waals surface area contributed by atoms with E-state index < -0.39 is 0 Å². The molecule has 0 unspecified atom stereocenters. The molecule has 1 aromatic heterocycles. The predicted octanol–water partition coefficient (Wildman–Crippen LogP) is 1.73. The number of rotatable bonds is 2. The van der Waals surface area contributed by atoms with Gasteiger partial charge in [0, 0.05) is 18.0 Å². The van der Waals surface area contributed by atoms with Gasteiger partial charge in [0.25, 0.3) is 0 Å². The zero-order valence-electron chi connectivity index (χ0n) is 8.34. The van der Waals surface area contributed by atoms with Gasteiger partial charge in [-0.15, -0.1) is 0 Å². The van der Waals surface area contributed by atoms with Crippen LogP contribution >= 0.6 is 0 Å². The number of nitrogens with two attached hydrogens (primary N) is 1. The highest BCUT2D eigenvalue weighted by Crippen LogP contribution is 2.26. The Bertz CT molecular complexity index is 457. The normalized spacial score (nSPS) is 9.93. The Labute approximate surface area is 87.7 Å². The predicted molar refractivity (Wildman–Crippen MR) is 58.4 cm³/mol. The smallest absolute Gasteiger partial charge is 0.141 e. The molecule has 0 fully saturated rings. The SMILES string of the molecule is COc1ccc(-c2cnccn2)cc1N. The Morgan fingerprint density at radius 1 is 1.27 bits per heavy atom. The van der Waals surface area contributed by atoms with Crippen molar-refractivity contribution in [3.05, 3.63) is 36.8 Å². The summed E-state index contributed by atoms with van der Waals surface area (Å²) in [7, 11) is 1.59. The second kappa shape index (κ2) is 3.96. The molecule has 15 heavy (non-hydrogen) atoms. The fourth-order valence-electron chi connectivity index (χ4n) is 1.34. The molecule has 0 bridgehead atoms. The third-order valence-electron chi connectivity index (χ3n) is 2.09. The van der Waals surface area contributed by atoms with E-state index >= 15 is 0 Å². The third-order valence-corrected chi connectivity index (χ3v) is 2.09. The number of methoxy groups -OCH3 is 1. The van der Waals surface area contributed by atoms with Gasteiger partial charge in [-0.2, -0.15) is 0 Å². The number of hydrogen-bond acceptors (Lipinski definition) is 4. The van der Waals surface area contributed by atoms with E-state index in [1.807, 2.05) is 18.2 Å². The van der Waals surface area contributed by atoms with E-state index in [1.54, 1.807) is 25.7 Å². The van der Waals surface area contributed by atoms with Gasteiger partial charge >= 0.3 is 0 Å². The van der Waals surface area contributed by atoms with E-state index in [-0.39, 0.29) is 0 Å². The summed E-state index contributed by atoms with van der Waals surface area (Å²) in [6, 6.07) is 5.54. The zero-order valence-corrected chi connectivity index (χ0v) is 8.34. The Hall–Kier alpha value is -2.10. The van der Waals surface area contributed by atoms with Crippen LogP contribution in [0.2, 0.25) is 0 Å². The summed E-state index contributed by atoms with van der Waals surface area (Å²) < 4.78 is 5.07. The van der Waals surface area contributed by atoms with E-state index in [0.717, 1.165) is 11.3 Å². The second-order valence-corrected chi connectivity index (χ2v) is 3.05. The number of aromatic nitrogens is 2. The molecule has 0 radical (unpaired) electrons. The van der Waals surface area contributed by atoms with E-state index in [2.05, 4.69) is 9.97 Å². The standard InChI is InChI=1S/C11H11N3O/c1-15-11-3-2-8(6-9(11)12)10-7-13-4-5-14-10/h2-7H,12H2,1H3. The fraction of sp³-hybridized carbons (Fsp3) is 0.0909. The number of nitrogen functional groups attached to an aromatic ring is 1. The monoisotopic (exact) mass is 201 g/mol. The van der Waals surface area contributed by atoms with E-state index in [1.165, 1.54) is 0 Å². The van der Waals surface area contributed by atoms with Gasteiger partial charge in [0.1, 0.15) is 5.75 Å². The first-order chi connectivity index (χ1) is 7.31. The fourth-order valence-corrected chi connectivity index (χ4v) is 1.34. The topological polar surface area (TPSA) is 61.0 Å². The third kappa shape index (κ3) is 1.88. The molecule has 0 atom stereocenters. The molecule has 2 aromatic rings. The van der Waals surface area contributed by atoms with Crippen LogP contribution in [0.4, 0.5) is 5.69 Å². The van der Waals surface area contributed by atoms with Crippen LogP contribution in [0.1, 0.15) is 0 Å². The summed E-state index contributed by atoms with van der Waals surface area (Å²) >= 11 is 0. The minimum atomic E-state index is 0.598. The summed E-state index contributed by atoms with van der Waals surface area (Å²) in [6.45, 7) is 0. The minimum absolute atomic E-state index is 0.598. The lowest BCUT2D eigenvalue weighted by atomic mass is 10.1. The maximum Gasteiger partial charge on any atom is 0.141 e. The molecule has 0 aliphatic heterocycles. The lowest BCUT2D eigenvalue weighted by Gasteiger charge is -2.06. The van der Waals surface area contributed by atoms with Crippen LogP contribution < -0.4 is 10.5 Å². The van der Waals surface area contributed by atoms with Gasteiger partial charge in [-0.3, -0.25) is 9.97 Å². The highest BCUT2D eigenvalue weighted by atomic mass is 16.5. The van der Waals surface area contributed by atoms with Gasteiger partial charge < -0.3 is 10.5 Å². The molecule has 0 aliphatic rings. The molecule has 2 rings (SSSR count). The van der Waals surface area contributed by atoms with Gasteiger partial charge in [-0.25, -0.2) is 0 Å². The van der Waals surface area contributed by atoms with Crippen LogP contribution in [0.3, 0.4) is 0 Å². The number of ether oxygens (including phenoxy) is 1. The van der Waals surface area contributed by atoms with Crippen molar-refractivity contribution in [2.75, 3.05) is 12.8 Å². The van der Waals surface area contributed by atoms with Crippen LogP contribution in [0.25, 0.3) is 11.3 Å². The first-order valence-electron chi connectivity index (χ1n) is 4.51. The highest BCUT2D eigenvalue weighted by molar-refractivity contribution is 5.67. The molecule has 4 nitrogen and oxygen atoms in total. The Kier molecular flexibility index (Phi) is 2.49. The van der Waals surface area contributed by atoms with E-state index in [0.29, 0.717) is 11.4 Å². The molecule has 0 saturated carbocycles. The quantitative estimate of drug-likeness (QED) is 0.752. The van der Waals surface area contributed by atoms with E-state index in [4.69, 9.17) is 10.5 Å². The summed E-state index contributed by atoms with van der Waals surface area (Å²) in [6.07, 6.45) is 4.98. The second-order valence-electron chi connectivity index (χ2n) is 3.05. The summed E-state index contributed by atoms with van der Waals surface area (Å²) in [4.78, 5) is 8.19. The number of anilines is 1. The maximum atomic E-state index is 5.80. The van der Waals surface area contributed by atoms with Crippen molar-refractivity contribution in [3.8, 4) is 17.0 Å². The van der Waals surface area contributed by atoms with E-state index in [9.17, 15) is 0 Å². The van der Waals surface area contributed by atoms with Crippen LogP contribution in [0.15, 0.2) is 36.8 Å². The van der Waals surface area contributed by atoms with Crippen LogP contribution in [0.5, 0.6) is 5.75 Å². The molecular formula is C11H11N3O. The minimum Gasteiger partial charge on any atom is -0.495 e. The molecule has 1 aromatic carbocycles. The average molecular weight is 201 g/mol. The number of nitrogens with zero attached hydrogens (tertiary/aromatic N) is 2. The largest absolute Gasteiger partial charge is 0.495 e. The van der Waals surface area contributed by atoms with Gasteiger partial charge in [-0.1, -0.05) is 0 Å². The molecule has 0 aliphatic carbocycles. The molecule has 4 heteroatoms. The Morgan fingerprint density at radius 2 is 2.13 bits per heavy atom. The van der Waals surface area contributed by atoms with Gasteiger partial charge in [-0.05, 0) is 18.2 Å². The summed E-state index contributed by atoms with van der Waals surface area (Å²) in [5.74, 6) is 0.669. The van der Waals surface area contributed by atoms with Crippen molar-refractivity contribution in [2.24, 2.45) is 0 Å². The maximum absolute atomic E-state index is 5.80. The zero-order chi connectivity index (χ0) is 10.7. The van der Waals surface area contributed by atoms with Crippen molar-refractivity contribution in [3.63, 3.8) is 0 Å². The molecule has 76 valence electrons. The highest BCUT2D eigenvalue weighted by Gasteiger charge is 2.03. The summed E-state index contributed by atoms with van der Waals surface area (Å²) in [5.41, 5.74) is 8.12. The summed E-state index contributed by atoms with van der Waals surface area (Å²) in [5, 5.41) is 0. The van der Waals surface area contributed by atoms with Crippen LogP contribution in [-0.2, 0) is 0 Å². The van der Waals surface area contributed by atoms with Gasteiger partial charge in [0.2, 0.25) is 0 Å². The van der Waals surface area contributed by atoms with Crippen molar-refractivity contribution < 1.29 is 4.74 Å². The van der Waals surface area contributed by atoms with Crippen molar-refractivity contribution in [1.29, 1.82) is 0 Å². The lowest BCUT2D eigenvalue weighted by molar-refractivity contribution is 0.417. The molecule has 0 amide bonds. The first-order valence-corrected chi connectivity index (χ1v) is 4.51. The average Bonchev–Trinajstić information content (AvgIpc) is 2.30. The molecule has 1 heterocycles. The Morgan fingerprint density at radius 3 is 2.73 bits per heavy atom. The first kappa shape index (κ1) is 9.45. The van der Waals surface area contributed by atoms with Crippen LogP contribution in [0, 0.1) is 0 Å².